The van der Waals surface area contributed by atoms with E-state index in [9.17, 15) is 27.6 Å². The molecule has 2 atom stereocenters. The van der Waals surface area contributed by atoms with Gasteiger partial charge >= 0.3 is 12.4 Å². The molecule has 3 aliphatic rings. The second kappa shape index (κ2) is 10.0. The first kappa shape index (κ1) is 25.2. The molecule has 1 aromatic carbocycles. The summed E-state index contributed by atoms with van der Waals surface area (Å²) in [7, 11) is 0. The van der Waals surface area contributed by atoms with Gasteiger partial charge in [-0.25, -0.2) is 9.69 Å². The van der Waals surface area contributed by atoms with Crippen LogP contribution in [-0.2, 0) is 19.1 Å². The molecule has 3 heterocycles. The Morgan fingerprint density at radius 3 is 2.46 bits per heavy atom. The SMILES string of the molecule is CCN1C(=O)N(c2ccc(OC(F)(F)F)cc2)C(=O)C12CCN(CC1CCOCC1)CC2OC=O. The number of imide groups is 1. The van der Waals surface area contributed by atoms with Gasteiger partial charge in [0.05, 0.1) is 5.69 Å². The number of ether oxygens (including phenoxy) is 3. The summed E-state index contributed by atoms with van der Waals surface area (Å²) in [4.78, 5) is 43.0. The molecule has 0 N–H and O–H groups in total. The van der Waals surface area contributed by atoms with E-state index in [0.29, 0.717) is 32.1 Å². The van der Waals surface area contributed by atoms with Crippen LogP contribution in [0.1, 0.15) is 26.2 Å². The van der Waals surface area contributed by atoms with Gasteiger partial charge in [-0.05, 0) is 56.4 Å². The van der Waals surface area contributed by atoms with Crippen molar-refractivity contribution in [2.24, 2.45) is 5.92 Å². The molecule has 192 valence electrons. The molecule has 35 heavy (non-hydrogen) atoms. The predicted molar refractivity (Wildman–Crippen MR) is 117 cm³/mol. The maximum atomic E-state index is 13.8. The molecule has 12 heteroatoms. The number of hydrogen-bond donors (Lipinski definition) is 0. The average molecular weight is 499 g/mol. The highest BCUT2D eigenvalue weighted by molar-refractivity contribution is 6.23. The topological polar surface area (TPSA) is 88.6 Å². The highest BCUT2D eigenvalue weighted by atomic mass is 19.4. The van der Waals surface area contributed by atoms with E-state index in [-0.39, 0.29) is 25.2 Å². The van der Waals surface area contributed by atoms with Crippen molar-refractivity contribution in [1.82, 2.24) is 9.80 Å². The van der Waals surface area contributed by atoms with Crippen LogP contribution in [-0.4, -0.2) is 85.6 Å². The van der Waals surface area contributed by atoms with E-state index in [1.807, 2.05) is 0 Å². The van der Waals surface area contributed by atoms with Gasteiger partial charge in [-0.3, -0.25) is 14.5 Å². The largest absolute Gasteiger partial charge is 0.573 e. The third kappa shape index (κ3) is 4.94. The first-order chi connectivity index (χ1) is 16.7. The van der Waals surface area contributed by atoms with Crippen LogP contribution in [0.2, 0.25) is 0 Å². The number of likely N-dealkylation sites (N-methyl/N-ethyl adjacent to an activating group) is 1. The van der Waals surface area contributed by atoms with Gasteiger partial charge < -0.3 is 19.1 Å². The minimum atomic E-state index is -4.86. The zero-order chi connectivity index (χ0) is 25.2. The number of alkyl halides is 3. The van der Waals surface area contributed by atoms with Crippen molar-refractivity contribution >= 4 is 24.1 Å². The molecular formula is C23H28F3N3O6. The second-order valence-corrected chi connectivity index (χ2v) is 8.92. The second-order valence-electron chi connectivity index (χ2n) is 8.92. The lowest BCUT2D eigenvalue weighted by Crippen LogP contribution is -2.66. The lowest BCUT2D eigenvalue weighted by Gasteiger charge is -2.47. The van der Waals surface area contributed by atoms with E-state index in [1.165, 1.54) is 17.0 Å². The fraction of sp³-hybridized carbons (Fsp3) is 0.609. The van der Waals surface area contributed by atoms with Crippen molar-refractivity contribution in [2.75, 3.05) is 44.3 Å². The summed E-state index contributed by atoms with van der Waals surface area (Å²) in [6.07, 6.45) is -3.62. The zero-order valence-electron chi connectivity index (χ0n) is 19.3. The van der Waals surface area contributed by atoms with E-state index >= 15 is 0 Å². The Labute approximate surface area is 200 Å². The summed E-state index contributed by atoms with van der Waals surface area (Å²) in [5.74, 6) is -0.593. The highest BCUT2D eigenvalue weighted by Crippen LogP contribution is 2.41. The van der Waals surface area contributed by atoms with Crippen molar-refractivity contribution in [2.45, 2.75) is 44.2 Å². The van der Waals surface area contributed by atoms with Crippen molar-refractivity contribution in [3.63, 3.8) is 0 Å². The number of urea groups is 1. The van der Waals surface area contributed by atoms with Gasteiger partial charge in [0.15, 0.2) is 5.54 Å². The number of nitrogens with zero attached hydrogens (tertiary/aromatic N) is 3. The molecule has 3 saturated heterocycles. The van der Waals surface area contributed by atoms with Crippen LogP contribution >= 0.6 is 0 Å². The third-order valence-electron chi connectivity index (χ3n) is 6.96. The minimum absolute atomic E-state index is 0.110. The molecule has 0 aliphatic carbocycles. The van der Waals surface area contributed by atoms with Crippen molar-refractivity contribution < 1.29 is 41.8 Å². The number of carbonyl (C=O) groups is 3. The smallest absolute Gasteiger partial charge is 0.460 e. The number of piperidine rings is 1. The van der Waals surface area contributed by atoms with Gasteiger partial charge in [0.25, 0.3) is 12.4 Å². The molecule has 2 unspecified atom stereocenters. The first-order valence-corrected chi connectivity index (χ1v) is 11.6. The first-order valence-electron chi connectivity index (χ1n) is 11.6. The predicted octanol–water partition coefficient (Wildman–Crippen LogP) is 2.79. The standard InChI is InChI=1S/C23H28F3N3O6/c1-2-28-21(32)29(17-3-5-18(6-4-17)35-23(24,25)26)20(31)22(28)9-10-27(14-19(22)34-15-30)13-16-7-11-33-12-8-16/h3-6,15-16,19H,2,7-14H2,1H3. The summed E-state index contributed by atoms with van der Waals surface area (Å²) >= 11 is 0. The van der Waals surface area contributed by atoms with Crippen LogP contribution in [0, 0.1) is 5.92 Å². The fourth-order valence-corrected chi connectivity index (χ4v) is 5.33. The Morgan fingerprint density at radius 2 is 1.86 bits per heavy atom. The number of hydrogen-bond acceptors (Lipinski definition) is 7. The minimum Gasteiger partial charge on any atom is -0.460 e. The van der Waals surface area contributed by atoms with Gasteiger partial charge in [0.2, 0.25) is 0 Å². The number of halogens is 3. The summed E-state index contributed by atoms with van der Waals surface area (Å²) < 4.78 is 52.2. The number of amides is 3. The van der Waals surface area contributed by atoms with E-state index in [0.717, 1.165) is 36.4 Å². The number of anilines is 1. The lowest BCUT2D eigenvalue weighted by atomic mass is 9.82. The Hall–Kier alpha value is -2.86. The quantitative estimate of drug-likeness (QED) is 0.421. The number of rotatable bonds is 7. The number of benzene rings is 1. The summed E-state index contributed by atoms with van der Waals surface area (Å²) in [5, 5.41) is 0. The van der Waals surface area contributed by atoms with E-state index in [2.05, 4.69) is 9.64 Å². The average Bonchev–Trinajstić information content (AvgIpc) is 3.02. The Morgan fingerprint density at radius 1 is 1.17 bits per heavy atom. The van der Waals surface area contributed by atoms with Crippen LogP contribution in [0.25, 0.3) is 0 Å². The van der Waals surface area contributed by atoms with Crippen molar-refractivity contribution in [1.29, 1.82) is 0 Å². The van der Waals surface area contributed by atoms with Gasteiger partial charge in [0.1, 0.15) is 11.9 Å². The maximum Gasteiger partial charge on any atom is 0.573 e. The van der Waals surface area contributed by atoms with Gasteiger partial charge in [-0.15, -0.1) is 13.2 Å². The van der Waals surface area contributed by atoms with E-state index < -0.39 is 35.7 Å². The molecule has 4 rings (SSSR count). The zero-order valence-corrected chi connectivity index (χ0v) is 19.3. The molecule has 0 saturated carbocycles. The number of carbonyl (C=O) groups excluding carboxylic acids is 3. The van der Waals surface area contributed by atoms with Crippen LogP contribution in [0.3, 0.4) is 0 Å². The summed E-state index contributed by atoms with van der Waals surface area (Å²) in [5.41, 5.74) is -1.28. The molecule has 3 aliphatic heterocycles. The van der Waals surface area contributed by atoms with Crippen molar-refractivity contribution in [3.8, 4) is 5.75 Å². The monoisotopic (exact) mass is 499 g/mol. The van der Waals surface area contributed by atoms with Gasteiger partial charge in [-0.2, -0.15) is 0 Å². The Kier molecular flexibility index (Phi) is 7.22. The fourth-order valence-electron chi connectivity index (χ4n) is 5.33. The third-order valence-corrected chi connectivity index (χ3v) is 6.96. The van der Waals surface area contributed by atoms with Crippen LogP contribution < -0.4 is 9.64 Å². The number of likely N-dealkylation sites (tertiary alicyclic amines) is 1. The van der Waals surface area contributed by atoms with Crippen LogP contribution in [0.4, 0.5) is 23.7 Å². The molecule has 0 aromatic heterocycles. The molecule has 3 fully saturated rings. The maximum absolute atomic E-state index is 13.8. The summed E-state index contributed by atoms with van der Waals surface area (Å²) in [6, 6.07) is 3.92. The molecule has 1 aromatic rings. The lowest BCUT2D eigenvalue weighted by molar-refractivity contribution is -0.274. The molecular weight excluding hydrogens is 471 g/mol. The van der Waals surface area contributed by atoms with Crippen LogP contribution in [0.15, 0.2) is 24.3 Å². The molecule has 0 radical (unpaired) electrons. The van der Waals surface area contributed by atoms with Gasteiger partial charge in [-0.1, -0.05) is 0 Å². The van der Waals surface area contributed by atoms with Crippen molar-refractivity contribution in [3.05, 3.63) is 24.3 Å². The Balaban J connectivity index is 1.58. The van der Waals surface area contributed by atoms with E-state index in [1.54, 1.807) is 6.92 Å². The molecule has 9 nitrogen and oxygen atoms in total. The molecule has 1 spiro atoms. The van der Waals surface area contributed by atoms with Gasteiger partial charge in [0, 0.05) is 39.4 Å². The summed E-state index contributed by atoms with van der Waals surface area (Å²) in [6.45, 7) is 5.20. The Bertz CT molecular complexity index is 937. The molecule has 0 bridgehead atoms. The van der Waals surface area contributed by atoms with Crippen LogP contribution in [0.5, 0.6) is 5.75 Å². The van der Waals surface area contributed by atoms with E-state index in [4.69, 9.17) is 9.47 Å². The molecule has 3 amide bonds. The highest BCUT2D eigenvalue weighted by Gasteiger charge is 2.63. The normalized spacial score (nSPS) is 26.5.